The van der Waals surface area contributed by atoms with E-state index in [4.69, 9.17) is 0 Å². The van der Waals surface area contributed by atoms with Crippen molar-refractivity contribution in [2.24, 2.45) is 5.92 Å². The highest BCUT2D eigenvalue weighted by Crippen LogP contribution is 2.23. The van der Waals surface area contributed by atoms with Crippen molar-refractivity contribution in [2.75, 3.05) is 18.4 Å². The number of nitrogens with one attached hydrogen (secondary N) is 2. The molecule has 6 heteroatoms. The molecule has 1 aliphatic rings. The van der Waals surface area contributed by atoms with Gasteiger partial charge in [-0.1, -0.05) is 0 Å². The SMILES string of the molecule is CC(=O)Nc1cc(CN2CCCC(Cc3cc(C)nc(C)c3)C2)[nH]n1. The van der Waals surface area contributed by atoms with Gasteiger partial charge < -0.3 is 5.32 Å². The number of aromatic amines is 1. The van der Waals surface area contributed by atoms with Gasteiger partial charge in [-0.15, -0.1) is 0 Å². The maximum Gasteiger partial charge on any atom is 0.222 e. The smallest absolute Gasteiger partial charge is 0.222 e. The average molecular weight is 341 g/mol. The standard InChI is InChI=1S/C19H27N5O/c1-13-7-17(8-14(2)20-13)9-16-5-4-6-24(11-16)12-18-10-19(23-22-18)21-15(3)25/h7-8,10,16H,4-6,9,11-12H2,1-3H3,(H2,21,22,23,25). The number of hydrogen-bond acceptors (Lipinski definition) is 4. The first-order chi connectivity index (χ1) is 12.0. The summed E-state index contributed by atoms with van der Waals surface area (Å²) in [5.74, 6) is 1.17. The minimum atomic E-state index is -0.0981. The summed E-state index contributed by atoms with van der Waals surface area (Å²) in [7, 11) is 0. The number of aromatic nitrogens is 3. The van der Waals surface area contributed by atoms with Crippen LogP contribution in [0.5, 0.6) is 0 Å². The van der Waals surface area contributed by atoms with Crippen LogP contribution in [0.1, 0.15) is 42.4 Å². The zero-order valence-electron chi connectivity index (χ0n) is 15.3. The van der Waals surface area contributed by atoms with Gasteiger partial charge >= 0.3 is 0 Å². The summed E-state index contributed by atoms with van der Waals surface area (Å²) in [6.45, 7) is 8.67. The molecule has 1 atom stereocenters. The Balaban J connectivity index is 1.57. The number of likely N-dealkylation sites (tertiary alicyclic amines) is 1. The van der Waals surface area contributed by atoms with Crippen LogP contribution in [0, 0.1) is 19.8 Å². The lowest BCUT2D eigenvalue weighted by atomic mass is 9.91. The van der Waals surface area contributed by atoms with Gasteiger partial charge in [-0.05, 0) is 63.3 Å². The highest BCUT2D eigenvalue weighted by atomic mass is 16.1. The van der Waals surface area contributed by atoms with Crippen molar-refractivity contribution in [2.45, 2.75) is 46.6 Å². The van der Waals surface area contributed by atoms with E-state index in [0.717, 1.165) is 43.1 Å². The molecule has 0 saturated carbocycles. The Morgan fingerprint density at radius 1 is 1.32 bits per heavy atom. The van der Waals surface area contributed by atoms with E-state index in [0.29, 0.717) is 11.7 Å². The molecule has 25 heavy (non-hydrogen) atoms. The number of hydrogen-bond donors (Lipinski definition) is 2. The Morgan fingerprint density at radius 2 is 2.08 bits per heavy atom. The van der Waals surface area contributed by atoms with E-state index >= 15 is 0 Å². The maximum absolute atomic E-state index is 11.1. The second kappa shape index (κ2) is 7.78. The molecular weight excluding hydrogens is 314 g/mol. The quantitative estimate of drug-likeness (QED) is 0.877. The number of nitrogens with zero attached hydrogens (tertiary/aromatic N) is 3. The molecule has 0 spiro atoms. The summed E-state index contributed by atoms with van der Waals surface area (Å²) in [5, 5.41) is 9.87. The Morgan fingerprint density at radius 3 is 2.80 bits per heavy atom. The molecule has 1 amide bonds. The fourth-order valence-electron chi connectivity index (χ4n) is 3.76. The van der Waals surface area contributed by atoms with E-state index < -0.39 is 0 Å². The topological polar surface area (TPSA) is 73.9 Å². The van der Waals surface area contributed by atoms with Crippen molar-refractivity contribution in [3.05, 3.63) is 40.8 Å². The molecule has 2 aromatic rings. The highest BCUT2D eigenvalue weighted by molar-refractivity contribution is 5.87. The molecule has 2 aromatic heterocycles. The van der Waals surface area contributed by atoms with E-state index in [1.54, 1.807) is 0 Å². The number of aryl methyl sites for hydroxylation is 2. The van der Waals surface area contributed by atoms with Gasteiger partial charge in [0.25, 0.3) is 0 Å². The van der Waals surface area contributed by atoms with Crippen LogP contribution in [0.4, 0.5) is 5.82 Å². The zero-order valence-corrected chi connectivity index (χ0v) is 15.3. The number of piperidine rings is 1. The highest BCUT2D eigenvalue weighted by Gasteiger charge is 2.21. The Labute approximate surface area is 149 Å². The summed E-state index contributed by atoms with van der Waals surface area (Å²) < 4.78 is 0. The van der Waals surface area contributed by atoms with Crippen molar-refractivity contribution in [3.63, 3.8) is 0 Å². The lowest BCUT2D eigenvalue weighted by Crippen LogP contribution is -2.35. The monoisotopic (exact) mass is 341 g/mol. The summed E-state index contributed by atoms with van der Waals surface area (Å²) in [6, 6.07) is 6.34. The van der Waals surface area contributed by atoms with E-state index in [-0.39, 0.29) is 5.91 Å². The van der Waals surface area contributed by atoms with E-state index in [2.05, 4.69) is 51.4 Å². The van der Waals surface area contributed by atoms with Crippen LogP contribution in [-0.2, 0) is 17.8 Å². The van der Waals surface area contributed by atoms with Crippen LogP contribution >= 0.6 is 0 Å². The van der Waals surface area contributed by atoms with E-state index in [1.807, 2.05) is 6.07 Å². The molecule has 0 aromatic carbocycles. The number of anilines is 1. The van der Waals surface area contributed by atoms with Gasteiger partial charge in [-0.2, -0.15) is 5.10 Å². The van der Waals surface area contributed by atoms with Gasteiger partial charge in [0.1, 0.15) is 0 Å². The second-order valence-electron chi connectivity index (χ2n) is 7.17. The van der Waals surface area contributed by atoms with Crippen LogP contribution < -0.4 is 5.32 Å². The molecule has 2 N–H and O–H groups in total. The van der Waals surface area contributed by atoms with Crippen molar-refractivity contribution < 1.29 is 4.79 Å². The van der Waals surface area contributed by atoms with Crippen molar-refractivity contribution in [1.82, 2.24) is 20.1 Å². The fourth-order valence-corrected chi connectivity index (χ4v) is 3.76. The molecule has 3 rings (SSSR count). The van der Waals surface area contributed by atoms with Gasteiger partial charge in [0.05, 0.1) is 5.69 Å². The van der Waals surface area contributed by atoms with Crippen LogP contribution in [0.15, 0.2) is 18.2 Å². The van der Waals surface area contributed by atoms with Crippen LogP contribution in [0.3, 0.4) is 0 Å². The first kappa shape index (κ1) is 17.6. The maximum atomic E-state index is 11.1. The second-order valence-corrected chi connectivity index (χ2v) is 7.17. The zero-order chi connectivity index (χ0) is 17.8. The summed E-state index contributed by atoms with van der Waals surface area (Å²) in [5.41, 5.74) is 4.64. The number of amides is 1. The average Bonchev–Trinajstić information content (AvgIpc) is 2.92. The lowest BCUT2D eigenvalue weighted by Gasteiger charge is -2.32. The molecule has 1 aliphatic heterocycles. The summed E-state index contributed by atoms with van der Waals surface area (Å²) >= 11 is 0. The third kappa shape index (κ3) is 5.13. The molecule has 134 valence electrons. The molecule has 1 saturated heterocycles. The number of H-pyrrole nitrogens is 1. The molecule has 1 unspecified atom stereocenters. The number of carbonyl (C=O) groups excluding carboxylic acids is 1. The normalized spacial score (nSPS) is 18.3. The molecule has 6 nitrogen and oxygen atoms in total. The fraction of sp³-hybridized carbons (Fsp3) is 0.526. The van der Waals surface area contributed by atoms with E-state index in [1.165, 1.54) is 25.3 Å². The minimum Gasteiger partial charge on any atom is -0.309 e. The number of pyridine rings is 1. The predicted molar refractivity (Wildman–Crippen MR) is 98.3 cm³/mol. The van der Waals surface area contributed by atoms with E-state index in [9.17, 15) is 4.79 Å². The van der Waals surface area contributed by atoms with Gasteiger partial charge in [-0.3, -0.25) is 19.8 Å². The molecule has 0 radical (unpaired) electrons. The molecule has 0 bridgehead atoms. The van der Waals surface area contributed by atoms with Crippen molar-refractivity contribution in [3.8, 4) is 0 Å². The number of rotatable bonds is 5. The van der Waals surface area contributed by atoms with Crippen molar-refractivity contribution >= 4 is 11.7 Å². The Hall–Kier alpha value is -2.21. The Kier molecular flexibility index (Phi) is 5.48. The molecule has 3 heterocycles. The van der Waals surface area contributed by atoms with Crippen LogP contribution in [0.2, 0.25) is 0 Å². The molecule has 0 aliphatic carbocycles. The third-order valence-corrected chi connectivity index (χ3v) is 4.60. The molecular formula is C19H27N5O. The summed E-state index contributed by atoms with van der Waals surface area (Å²) in [4.78, 5) is 18.0. The number of carbonyl (C=O) groups is 1. The lowest BCUT2D eigenvalue weighted by molar-refractivity contribution is -0.114. The Bertz CT molecular complexity index is 719. The summed E-state index contributed by atoms with van der Waals surface area (Å²) in [6.07, 6.45) is 3.61. The van der Waals surface area contributed by atoms with Crippen LogP contribution in [0.25, 0.3) is 0 Å². The van der Waals surface area contributed by atoms with Gasteiger partial charge in [-0.25, -0.2) is 0 Å². The van der Waals surface area contributed by atoms with Crippen LogP contribution in [-0.4, -0.2) is 39.1 Å². The first-order valence-corrected chi connectivity index (χ1v) is 8.96. The van der Waals surface area contributed by atoms with Gasteiger partial charge in [0.2, 0.25) is 5.91 Å². The van der Waals surface area contributed by atoms with Gasteiger partial charge in [0.15, 0.2) is 5.82 Å². The van der Waals surface area contributed by atoms with Crippen molar-refractivity contribution in [1.29, 1.82) is 0 Å². The largest absolute Gasteiger partial charge is 0.309 e. The third-order valence-electron chi connectivity index (χ3n) is 4.60. The minimum absolute atomic E-state index is 0.0981. The first-order valence-electron chi connectivity index (χ1n) is 8.96. The predicted octanol–water partition coefficient (Wildman–Crippen LogP) is 2.83. The molecule has 1 fully saturated rings. The van der Waals surface area contributed by atoms with Gasteiger partial charge in [0, 0.05) is 37.5 Å².